The van der Waals surface area contributed by atoms with Crippen molar-refractivity contribution >= 4 is 21.9 Å². The number of rotatable bonds is 4. The molecule has 1 rings (SSSR count). The van der Waals surface area contributed by atoms with Gasteiger partial charge in [-0.05, 0) is 15.9 Å². The Hall–Kier alpha value is -0.880. The van der Waals surface area contributed by atoms with Crippen LogP contribution in [0.5, 0.6) is 0 Å². The van der Waals surface area contributed by atoms with E-state index in [0.717, 1.165) is 10.2 Å². The van der Waals surface area contributed by atoms with Gasteiger partial charge in [0.1, 0.15) is 0 Å². The average molecular weight is 248 g/mol. The number of hydrogen-bond donors (Lipinski definition) is 3. The first-order valence-electron chi connectivity index (χ1n) is 3.75. The highest BCUT2D eigenvalue weighted by atomic mass is 79.9. The molecule has 13 heavy (non-hydrogen) atoms. The molecule has 0 saturated heterocycles. The van der Waals surface area contributed by atoms with E-state index in [1.807, 2.05) is 0 Å². The number of halogens is 1. The molecule has 0 aromatic carbocycles. The number of H-pyrrole nitrogens is 1. The summed E-state index contributed by atoms with van der Waals surface area (Å²) in [7, 11) is 0. The molecule has 72 valence electrons. The van der Waals surface area contributed by atoms with Crippen LogP contribution in [0.4, 0.5) is 0 Å². The van der Waals surface area contributed by atoms with Gasteiger partial charge in [0.2, 0.25) is 0 Å². The molecule has 0 bridgehead atoms. The molecule has 0 radical (unpaired) electrons. The second-order valence-corrected chi connectivity index (χ2v) is 3.52. The Morgan fingerprint density at radius 3 is 2.92 bits per heavy atom. The number of aromatic nitrogens is 2. The summed E-state index contributed by atoms with van der Waals surface area (Å²) in [6.45, 7) is 0.285. The number of carboxylic acids is 1. The largest absolute Gasteiger partial charge is 0.481 e. The van der Waals surface area contributed by atoms with Crippen LogP contribution in [0, 0.1) is 0 Å². The van der Waals surface area contributed by atoms with E-state index in [2.05, 4.69) is 26.1 Å². The monoisotopic (exact) mass is 247 g/mol. The summed E-state index contributed by atoms with van der Waals surface area (Å²) in [6.07, 6.45) is 1.59. The fourth-order valence-corrected chi connectivity index (χ4v) is 1.60. The molecule has 4 N–H and O–H groups in total. The molecule has 1 atom stereocenters. The van der Waals surface area contributed by atoms with E-state index < -0.39 is 5.97 Å². The number of nitrogens with one attached hydrogen (secondary N) is 1. The predicted molar refractivity (Wildman–Crippen MR) is 50.3 cm³/mol. The molecule has 6 heteroatoms. The number of nitrogens with two attached hydrogens (primary N) is 1. The van der Waals surface area contributed by atoms with Crippen molar-refractivity contribution in [2.24, 2.45) is 5.73 Å². The zero-order valence-corrected chi connectivity index (χ0v) is 8.41. The number of carbonyl (C=O) groups is 1. The van der Waals surface area contributed by atoms with Gasteiger partial charge in [-0.2, -0.15) is 5.10 Å². The van der Waals surface area contributed by atoms with Crippen LogP contribution in [-0.4, -0.2) is 27.8 Å². The lowest BCUT2D eigenvalue weighted by Gasteiger charge is -2.09. The van der Waals surface area contributed by atoms with Crippen molar-refractivity contribution < 1.29 is 9.90 Å². The molecule has 1 aromatic rings. The van der Waals surface area contributed by atoms with Crippen molar-refractivity contribution in [3.63, 3.8) is 0 Å². The summed E-state index contributed by atoms with van der Waals surface area (Å²) in [4.78, 5) is 10.5. The van der Waals surface area contributed by atoms with Gasteiger partial charge in [-0.3, -0.25) is 9.89 Å². The van der Waals surface area contributed by atoms with Crippen LogP contribution in [0.1, 0.15) is 18.0 Å². The first-order chi connectivity index (χ1) is 6.15. The molecule has 0 fully saturated rings. The van der Waals surface area contributed by atoms with Crippen LogP contribution >= 0.6 is 15.9 Å². The van der Waals surface area contributed by atoms with Crippen LogP contribution < -0.4 is 5.73 Å². The summed E-state index contributed by atoms with van der Waals surface area (Å²) in [5.74, 6) is -1.08. The molecule has 1 heterocycles. The van der Waals surface area contributed by atoms with Crippen molar-refractivity contribution in [1.29, 1.82) is 0 Å². The third-order valence-corrected chi connectivity index (χ3v) is 2.37. The lowest BCUT2D eigenvalue weighted by Crippen LogP contribution is -2.17. The van der Waals surface area contributed by atoms with Crippen LogP contribution in [0.3, 0.4) is 0 Å². The van der Waals surface area contributed by atoms with E-state index >= 15 is 0 Å². The van der Waals surface area contributed by atoms with Gasteiger partial charge in [0.05, 0.1) is 22.8 Å². The Labute approximate surface area is 83.5 Å². The standard InChI is InChI=1S/C7H10BrN3O2/c8-5-3-10-11-7(5)4(2-9)1-6(12)13/h3-4H,1-2,9H2,(H,10,11)(H,12,13). The highest BCUT2D eigenvalue weighted by Crippen LogP contribution is 2.23. The van der Waals surface area contributed by atoms with Gasteiger partial charge in [-0.15, -0.1) is 0 Å². The maximum atomic E-state index is 10.5. The summed E-state index contributed by atoms with van der Waals surface area (Å²) in [6, 6.07) is 0. The van der Waals surface area contributed by atoms with E-state index in [4.69, 9.17) is 10.8 Å². The maximum Gasteiger partial charge on any atom is 0.304 e. The van der Waals surface area contributed by atoms with Crippen molar-refractivity contribution in [1.82, 2.24) is 10.2 Å². The predicted octanol–water partition coefficient (Wildman–Crippen LogP) is 0.689. The van der Waals surface area contributed by atoms with Crippen molar-refractivity contribution in [2.45, 2.75) is 12.3 Å². The minimum absolute atomic E-state index is 0.0112. The fraction of sp³-hybridized carbons (Fsp3) is 0.429. The third kappa shape index (κ3) is 2.53. The molecule has 1 aromatic heterocycles. The Bertz CT molecular complexity index is 300. The number of hydrogen-bond acceptors (Lipinski definition) is 3. The molecule has 0 saturated carbocycles. The summed E-state index contributed by atoms with van der Waals surface area (Å²) < 4.78 is 0.768. The van der Waals surface area contributed by atoms with Gasteiger partial charge in [0.15, 0.2) is 0 Å². The van der Waals surface area contributed by atoms with E-state index in [9.17, 15) is 4.79 Å². The normalized spacial score (nSPS) is 12.8. The first kappa shape index (κ1) is 10.2. The van der Waals surface area contributed by atoms with Crippen molar-refractivity contribution in [3.8, 4) is 0 Å². The highest BCUT2D eigenvalue weighted by Gasteiger charge is 2.17. The number of carboxylic acid groups (broad SMARTS) is 1. The van der Waals surface area contributed by atoms with Crippen molar-refractivity contribution in [2.75, 3.05) is 6.54 Å². The van der Waals surface area contributed by atoms with Gasteiger partial charge < -0.3 is 10.8 Å². The minimum atomic E-state index is -0.864. The zero-order valence-electron chi connectivity index (χ0n) is 6.83. The van der Waals surface area contributed by atoms with E-state index in [-0.39, 0.29) is 18.9 Å². The number of nitrogens with zero attached hydrogens (tertiary/aromatic N) is 1. The van der Waals surface area contributed by atoms with Gasteiger partial charge in [-0.1, -0.05) is 0 Å². The zero-order chi connectivity index (χ0) is 9.84. The molecular weight excluding hydrogens is 238 g/mol. The Balaban J connectivity index is 2.78. The minimum Gasteiger partial charge on any atom is -0.481 e. The van der Waals surface area contributed by atoms with Gasteiger partial charge in [0, 0.05) is 12.5 Å². The van der Waals surface area contributed by atoms with Crippen LogP contribution in [0.2, 0.25) is 0 Å². The number of aromatic amines is 1. The van der Waals surface area contributed by atoms with Crippen molar-refractivity contribution in [3.05, 3.63) is 16.4 Å². The lowest BCUT2D eigenvalue weighted by atomic mass is 10.0. The number of aliphatic carboxylic acids is 1. The molecule has 0 amide bonds. The van der Waals surface area contributed by atoms with Gasteiger partial charge >= 0.3 is 5.97 Å². The Kier molecular flexibility index (Phi) is 3.44. The smallest absolute Gasteiger partial charge is 0.304 e. The highest BCUT2D eigenvalue weighted by molar-refractivity contribution is 9.10. The average Bonchev–Trinajstić information content (AvgIpc) is 2.47. The quantitative estimate of drug-likeness (QED) is 0.730. The summed E-state index contributed by atoms with van der Waals surface area (Å²) in [5.41, 5.74) is 6.19. The Morgan fingerprint density at radius 2 is 2.54 bits per heavy atom. The molecule has 0 aliphatic heterocycles. The second-order valence-electron chi connectivity index (χ2n) is 2.66. The molecule has 0 spiro atoms. The third-order valence-electron chi connectivity index (χ3n) is 1.73. The van der Waals surface area contributed by atoms with E-state index in [1.165, 1.54) is 0 Å². The van der Waals surface area contributed by atoms with Crippen LogP contribution in [-0.2, 0) is 4.79 Å². The first-order valence-corrected chi connectivity index (χ1v) is 4.55. The SMILES string of the molecule is NCC(CC(=O)O)c1[nH]ncc1Br. The molecule has 0 aliphatic rings. The maximum absolute atomic E-state index is 10.5. The van der Waals surface area contributed by atoms with Crippen LogP contribution in [0.25, 0.3) is 0 Å². The van der Waals surface area contributed by atoms with E-state index in [1.54, 1.807) is 6.20 Å². The fourth-order valence-electron chi connectivity index (χ4n) is 1.08. The Morgan fingerprint density at radius 1 is 1.85 bits per heavy atom. The van der Waals surface area contributed by atoms with Gasteiger partial charge in [-0.25, -0.2) is 0 Å². The van der Waals surface area contributed by atoms with E-state index in [0.29, 0.717) is 0 Å². The summed E-state index contributed by atoms with van der Waals surface area (Å²) in [5, 5.41) is 15.1. The van der Waals surface area contributed by atoms with Gasteiger partial charge in [0.25, 0.3) is 0 Å². The van der Waals surface area contributed by atoms with Crippen LogP contribution in [0.15, 0.2) is 10.7 Å². The topological polar surface area (TPSA) is 92.0 Å². The molecule has 0 aliphatic carbocycles. The molecule has 1 unspecified atom stereocenters. The second kappa shape index (κ2) is 4.38. The molecular formula is C7H10BrN3O2. The summed E-state index contributed by atoms with van der Waals surface area (Å²) >= 11 is 3.26. The molecule has 5 nitrogen and oxygen atoms in total. The lowest BCUT2D eigenvalue weighted by molar-refractivity contribution is -0.137.